The minimum atomic E-state index is -0.0166. The molecule has 5 saturated carbocycles. The molecule has 6 nitrogen and oxygen atoms in total. The SMILES string of the molecule is C=C(C)[C@@H]1CC[C@]2(COC(=O)CC[NH+]3CCCCC3)CC[C@]3(C)C(CCC4[C@@]5(C)CC[C@H](OC(=O)CC[NH+]6CCCCC6)C(C)(C)C5CC[C@]43C)C12.[Cl-].[Cl-]. The van der Waals surface area contributed by atoms with Crippen LogP contribution in [0.1, 0.15) is 157 Å². The Balaban J connectivity index is 0.00000280. The predicted octanol–water partition coefficient (Wildman–Crippen LogP) is 1.02. The van der Waals surface area contributed by atoms with E-state index in [1.807, 2.05) is 0 Å². The molecule has 5 aliphatic carbocycles. The molecule has 2 aliphatic heterocycles. The van der Waals surface area contributed by atoms with Gasteiger partial charge in [-0.05, 0) is 155 Å². The molecular weight excluding hydrogens is 715 g/mol. The Kier molecular flexibility index (Phi) is 14.1. The van der Waals surface area contributed by atoms with Gasteiger partial charge in [0.2, 0.25) is 0 Å². The van der Waals surface area contributed by atoms with Crippen molar-refractivity contribution in [3.05, 3.63) is 12.2 Å². The van der Waals surface area contributed by atoms with Gasteiger partial charge in [-0.2, -0.15) is 0 Å². The molecule has 0 aromatic rings. The van der Waals surface area contributed by atoms with Crippen LogP contribution in [0.2, 0.25) is 0 Å². The number of nitrogens with one attached hydrogen (secondary N) is 2. The number of ether oxygens (including phenoxy) is 2. The zero-order valence-electron chi connectivity index (χ0n) is 35.2. The van der Waals surface area contributed by atoms with Crippen molar-refractivity contribution in [3.63, 3.8) is 0 Å². The fourth-order valence-electron chi connectivity index (χ4n) is 15.4. The highest BCUT2D eigenvalue weighted by molar-refractivity contribution is 5.70. The highest BCUT2D eigenvalue weighted by atomic mass is 35.5. The van der Waals surface area contributed by atoms with Crippen LogP contribution in [-0.4, -0.2) is 63.9 Å². The smallest absolute Gasteiger partial charge is 0.311 e. The van der Waals surface area contributed by atoms with Gasteiger partial charge in [0.25, 0.3) is 0 Å². The first-order valence-electron chi connectivity index (χ1n) is 22.4. The number of hydrogen-bond acceptors (Lipinski definition) is 4. The van der Waals surface area contributed by atoms with Gasteiger partial charge in [-0.1, -0.05) is 46.8 Å². The Labute approximate surface area is 342 Å². The summed E-state index contributed by atoms with van der Waals surface area (Å²) in [6.07, 6.45) is 21.1. The number of allylic oxidation sites excluding steroid dienone is 1. The van der Waals surface area contributed by atoms with Crippen molar-refractivity contribution in [1.29, 1.82) is 0 Å². The number of carbonyl (C=O) groups excluding carboxylic acids is 2. The molecular formula is C46H78Cl2N2O4. The van der Waals surface area contributed by atoms with E-state index in [9.17, 15) is 9.59 Å². The van der Waals surface area contributed by atoms with E-state index in [-0.39, 0.29) is 69.9 Å². The molecule has 2 N–H and O–H groups in total. The number of carbonyl (C=O) groups is 2. The van der Waals surface area contributed by atoms with Crippen LogP contribution in [0.25, 0.3) is 0 Å². The number of quaternary nitrogens is 2. The molecule has 2 heterocycles. The standard InChI is InChI=1S/C46H76N2O4.2ClH/c1-33(2)34-16-23-46(32-51-39(49)19-30-47-26-10-8-11-27-47)25-24-44(6)35(41(34)46)14-15-37-43(5)21-18-38(42(3,4)36(43)17-22-45(37,44)7)52-40(50)20-31-48-28-12-9-13-29-48;;/h34-38,41H,1,8-32H2,2-7H3;2*1H/t34-,35?,36?,37?,38-,41?,43-,44+,45+,46+;;/m0../s1. The second kappa shape index (κ2) is 17.2. The maximum Gasteiger partial charge on any atom is 0.311 e. The third kappa shape index (κ3) is 7.84. The lowest BCUT2D eigenvalue weighted by Crippen LogP contribution is -3.12. The average Bonchev–Trinajstić information content (AvgIpc) is 3.52. The second-order valence-corrected chi connectivity index (χ2v) is 21.2. The number of likely N-dealkylation sites (tertiary alicyclic amines) is 2. The van der Waals surface area contributed by atoms with Crippen LogP contribution < -0.4 is 34.6 Å². The van der Waals surface area contributed by atoms with Crippen LogP contribution in [0, 0.1) is 56.7 Å². The molecule has 4 unspecified atom stereocenters. The monoisotopic (exact) mass is 793 g/mol. The molecule has 54 heavy (non-hydrogen) atoms. The molecule has 10 atom stereocenters. The maximum atomic E-state index is 13.3. The van der Waals surface area contributed by atoms with E-state index in [1.54, 1.807) is 9.80 Å². The van der Waals surface area contributed by atoms with E-state index in [0.29, 0.717) is 49.0 Å². The summed E-state index contributed by atoms with van der Waals surface area (Å²) in [5, 5.41) is 0. The molecule has 2 saturated heterocycles. The first kappa shape index (κ1) is 44.3. The van der Waals surface area contributed by atoms with Gasteiger partial charge < -0.3 is 44.1 Å². The summed E-state index contributed by atoms with van der Waals surface area (Å²) in [7, 11) is 0. The summed E-state index contributed by atoms with van der Waals surface area (Å²) in [6.45, 7) is 27.2. The molecule has 310 valence electrons. The Hall–Kier alpha value is -0.820. The zero-order valence-corrected chi connectivity index (χ0v) is 36.7. The van der Waals surface area contributed by atoms with Crippen molar-refractivity contribution in [3.8, 4) is 0 Å². The summed E-state index contributed by atoms with van der Waals surface area (Å²) in [6, 6.07) is 0. The molecule has 7 fully saturated rings. The Morgan fingerprint density at radius 3 is 1.89 bits per heavy atom. The van der Waals surface area contributed by atoms with E-state index >= 15 is 0 Å². The Morgan fingerprint density at radius 1 is 0.667 bits per heavy atom. The molecule has 0 amide bonds. The summed E-state index contributed by atoms with van der Waals surface area (Å²) < 4.78 is 12.8. The maximum absolute atomic E-state index is 13.3. The van der Waals surface area contributed by atoms with Crippen molar-refractivity contribution in [2.45, 2.75) is 163 Å². The summed E-state index contributed by atoms with van der Waals surface area (Å²) in [4.78, 5) is 29.7. The first-order valence-corrected chi connectivity index (χ1v) is 22.4. The fraction of sp³-hybridized carbons (Fsp3) is 0.913. The van der Waals surface area contributed by atoms with E-state index < -0.39 is 0 Å². The highest BCUT2D eigenvalue weighted by Crippen LogP contribution is 2.77. The summed E-state index contributed by atoms with van der Waals surface area (Å²) in [5.74, 6) is 3.08. The van der Waals surface area contributed by atoms with Crippen LogP contribution in [-0.2, 0) is 19.1 Å². The molecule has 0 aromatic heterocycles. The lowest BCUT2D eigenvalue weighted by Gasteiger charge is -2.73. The van der Waals surface area contributed by atoms with Crippen LogP contribution >= 0.6 is 0 Å². The van der Waals surface area contributed by atoms with Gasteiger partial charge in [0.1, 0.15) is 6.10 Å². The number of hydrogen-bond donors (Lipinski definition) is 2. The number of esters is 2. The Morgan fingerprint density at radius 2 is 1.28 bits per heavy atom. The summed E-state index contributed by atoms with van der Waals surface area (Å²) >= 11 is 0. The minimum absolute atomic E-state index is 0. The number of piperidine rings is 2. The first-order chi connectivity index (χ1) is 24.7. The van der Waals surface area contributed by atoms with Gasteiger partial charge in [0, 0.05) is 10.8 Å². The van der Waals surface area contributed by atoms with Crippen molar-refractivity contribution >= 4 is 11.9 Å². The quantitative estimate of drug-likeness (QED) is 0.257. The van der Waals surface area contributed by atoms with Crippen LogP contribution in [0.3, 0.4) is 0 Å². The zero-order chi connectivity index (χ0) is 36.9. The molecule has 0 bridgehead atoms. The average molecular weight is 794 g/mol. The lowest BCUT2D eigenvalue weighted by atomic mass is 9.32. The fourth-order valence-corrected chi connectivity index (χ4v) is 15.4. The van der Waals surface area contributed by atoms with Gasteiger partial charge in [-0.25, -0.2) is 0 Å². The summed E-state index contributed by atoms with van der Waals surface area (Å²) in [5.41, 5.74) is 2.24. The Bertz CT molecular complexity index is 1330. The molecule has 7 aliphatic rings. The molecule has 7 rings (SSSR count). The van der Waals surface area contributed by atoms with E-state index in [0.717, 1.165) is 19.5 Å². The minimum Gasteiger partial charge on any atom is -1.00 e. The van der Waals surface area contributed by atoms with Gasteiger partial charge in [-0.15, -0.1) is 0 Å². The van der Waals surface area contributed by atoms with Crippen LogP contribution in [0.5, 0.6) is 0 Å². The van der Waals surface area contributed by atoms with Crippen LogP contribution in [0.4, 0.5) is 0 Å². The van der Waals surface area contributed by atoms with Crippen LogP contribution in [0.15, 0.2) is 12.2 Å². The molecule has 0 aromatic carbocycles. The third-order valence-electron chi connectivity index (χ3n) is 18.5. The van der Waals surface area contributed by atoms with Gasteiger partial charge in [0.15, 0.2) is 0 Å². The highest BCUT2D eigenvalue weighted by Gasteiger charge is 2.71. The van der Waals surface area contributed by atoms with Gasteiger partial charge in [-0.3, -0.25) is 9.59 Å². The third-order valence-corrected chi connectivity index (χ3v) is 18.5. The van der Waals surface area contributed by atoms with Crippen molar-refractivity contribution in [2.75, 3.05) is 45.9 Å². The topological polar surface area (TPSA) is 61.5 Å². The molecule has 0 spiro atoms. The molecule has 0 radical (unpaired) electrons. The predicted molar refractivity (Wildman–Crippen MR) is 208 cm³/mol. The second-order valence-electron chi connectivity index (χ2n) is 21.2. The van der Waals surface area contributed by atoms with E-state index in [1.165, 1.54) is 128 Å². The lowest BCUT2D eigenvalue weighted by molar-refractivity contribution is -0.904. The van der Waals surface area contributed by atoms with Gasteiger partial charge in [0.05, 0.1) is 58.7 Å². The van der Waals surface area contributed by atoms with Crippen molar-refractivity contribution < 1.29 is 53.7 Å². The number of fused-ring (bicyclic) bond motifs is 7. The van der Waals surface area contributed by atoms with Crippen molar-refractivity contribution in [1.82, 2.24) is 0 Å². The van der Waals surface area contributed by atoms with Gasteiger partial charge >= 0.3 is 11.9 Å². The normalized spacial score (nSPS) is 41.7. The van der Waals surface area contributed by atoms with E-state index in [4.69, 9.17) is 9.47 Å². The van der Waals surface area contributed by atoms with Crippen molar-refractivity contribution in [2.24, 2.45) is 56.7 Å². The number of rotatable bonds is 10. The molecule has 8 heteroatoms. The van der Waals surface area contributed by atoms with E-state index in [2.05, 4.69) is 48.1 Å². The largest absolute Gasteiger partial charge is 1.00 e. The number of halogens is 2.